The number of aliphatic hydroxyl groups is 1. The van der Waals surface area contributed by atoms with Gasteiger partial charge in [-0.25, -0.2) is 0 Å². The van der Waals surface area contributed by atoms with E-state index in [1.165, 1.54) is 0 Å². The lowest BCUT2D eigenvalue weighted by molar-refractivity contribution is 0.119. The molecule has 1 aromatic rings. The van der Waals surface area contributed by atoms with E-state index in [0.29, 0.717) is 18.9 Å². The molecule has 1 atom stereocenters. The van der Waals surface area contributed by atoms with Crippen molar-refractivity contribution in [2.75, 3.05) is 13.4 Å². The second-order valence-electron chi connectivity index (χ2n) is 4.56. The summed E-state index contributed by atoms with van der Waals surface area (Å²) in [5.74, 6) is 2.76. The number of fused-ring (bicyclic) bond motifs is 1. The Labute approximate surface area is 100 Å². The molecule has 1 fully saturated rings. The van der Waals surface area contributed by atoms with E-state index in [1.807, 2.05) is 18.2 Å². The molecule has 17 heavy (non-hydrogen) atoms. The maximum atomic E-state index is 9.70. The van der Waals surface area contributed by atoms with E-state index in [0.717, 1.165) is 30.1 Å². The fourth-order valence-corrected chi connectivity index (χ4v) is 1.98. The number of ether oxygens (including phenoxy) is 3. The lowest BCUT2D eigenvalue weighted by Gasteiger charge is -2.10. The normalized spacial score (nSPS) is 19.1. The lowest BCUT2D eigenvalue weighted by atomic mass is 10.2. The van der Waals surface area contributed by atoms with Crippen LogP contribution in [0.15, 0.2) is 18.2 Å². The van der Waals surface area contributed by atoms with Crippen molar-refractivity contribution in [3.63, 3.8) is 0 Å². The summed E-state index contributed by atoms with van der Waals surface area (Å²) >= 11 is 0. The van der Waals surface area contributed by atoms with E-state index in [4.69, 9.17) is 14.2 Å². The van der Waals surface area contributed by atoms with Crippen LogP contribution in [0.1, 0.15) is 19.3 Å². The Morgan fingerprint density at radius 1 is 1.29 bits per heavy atom. The number of hydrogen-bond acceptors (Lipinski definition) is 4. The molecule has 3 rings (SSSR count). The van der Waals surface area contributed by atoms with Crippen molar-refractivity contribution in [1.29, 1.82) is 0 Å². The Morgan fingerprint density at radius 2 is 2.12 bits per heavy atom. The summed E-state index contributed by atoms with van der Waals surface area (Å²) in [7, 11) is 0. The van der Waals surface area contributed by atoms with Gasteiger partial charge >= 0.3 is 0 Å². The molecule has 1 unspecified atom stereocenters. The van der Waals surface area contributed by atoms with Crippen LogP contribution in [0.5, 0.6) is 17.2 Å². The molecule has 1 aromatic carbocycles. The van der Waals surface area contributed by atoms with Gasteiger partial charge in [-0.05, 0) is 30.9 Å². The summed E-state index contributed by atoms with van der Waals surface area (Å²) in [5.41, 5.74) is 0. The lowest BCUT2D eigenvalue weighted by Crippen LogP contribution is -2.13. The monoisotopic (exact) mass is 236 g/mol. The van der Waals surface area contributed by atoms with Crippen molar-refractivity contribution in [3.05, 3.63) is 18.2 Å². The van der Waals surface area contributed by atoms with E-state index in [1.54, 1.807) is 0 Å². The van der Waals surface area contributed by atoms with Gasteiger partial charge in [0.1, 0.15) is 5.75 Å². The summed E-state index contributed by atoms with van der Waals surface area (Å²) in [5, 5.41) is 9.70. The minimum atomic E-state index is -0.205. The van der Waals surface area contributed by atoms with E-state index >= 15 is 0 Å². The molecule has 1 heterocycles. The first-order chi connectivity index (χ1) is 8.33. The summed E-state index contributed by atoms with van der Waals surface area (Å²) in [6, 6.07) is 5.53. The number of rotatable bonds is 5. The smallest absolute Gasteiger partial charge is 0.231 e. The van der Waals surface area contributed by atoms with Crippen molar-refractivity contribution >= 4 is 0 Å². The molecule has 1 N–H and O–H groups in total. The molecule has 0 spiro atoms. The van der Waals surface area contributed by atoms with Crippen LogP contribution in [0.4, 0.5) is 0 Å². The highest BCUT2D eigenvalue weighted by Crippen LogP contribution is 2.36. The molecular weight excluding hydrogens is 220 g/mol. The fraction of sp³-hybridized carbons (Fsp3) is 0.538. The summed E-state index contributed by atoms with van der Waals surface area (Å²) < 4.78 is 16.1. The van der Waals surface area contributed by atoms with Crippen LogP contribution in [0.3, 0.4) is 0 Å². The third kappa shape index (κ3) is 2.47. The van der Waals surface area contributed by atoms with Crippen LogP contribution in [0.2, 0.25) is 0 Å². The molecule has 1 aliphatic heterocycles. The second kappa shape index (κ2) is 4.45. The maximum Gasteiger partial charge on any atom is 0.231 e. The average molecular weight is 236 g/mol. The van der Waals surface area contributed by atoms with E-state index in [2.05, 4.69) is 0 Å². The largest absolute Gasteiger partial charge is 0.493 e. The molecule has 92 valence electrons. The van der Waals surface area contributed by atoms with Crippen LogP contribution < -0.4 is 14.2 Å². The molecule has 0 aromatic heterocycles. The molecule has 0 bridgehead atoms. The topological polar surface area (TPSA) is 47.9 Å². The molecule has 4 heteroatoms. The van der Waals surface area contributed by atoms with Crippen molar-refractivity contribution < 1.29 is 19.3 Å². The Hall–Kier alpha value is -1.42. The molecular formula is C13H16O4. The SMILES string of the molecule is OC(CCOc1ccc2c(c1)OCO2)C1CC1. The van der Waals surface area contributed by atoms with Crippen LogP contribution >= 0.6 is 0 Å². The molecule has 1 saturated carbocycles. The highest BCUT2D eigenvalue weighted by molar-refractivity contribution is 5.46. The first-order valence-corrected chi connectivity index (χ1v) is 6.03. The average Bonchev–Trinajstić information content (AvgIpc) is 3.08. The highest BCUT2D eigenvalue weighted by atomic mass is 16.7. The van der Waals surface area contributed by atoms with E-state index in [9.17, 15) is 5.11 Å². The standard InChI is InChI=1S/C13H16O4/c14-11(9-1-2-9)5-6-15-10-3-4-12-13(7-10)17-8-16-12/h3-4,7,9,11,14H,1-2,5-6,8H2. The minimum absolute atomic E-state index is 0.205. The Morgan fingerprint density at radius 3 is 2.94 bits per heavy atom. The van der Waals surface area contributed by atoms with Crippen molar-refractivity contribution in [1.82, 2.24) is 0 Å². The Bertz CT molecular complexity index is 400. The molecule has 4 nitrogen and oxygen atoms in total. The quantitative estimate of drug-likeness (QED) is 0.849. The fourth-order valence-electron chi connectivity index (χ4n) is 1.98. The first-order valence-electron chi connectivity index (χ1n) is 6.03. The van der Waals surface area contributed by atoms with Gasteiger partial charge in [0.05, 0.1) is 12.7 Å². The van der Waals surface area contributed by atoms with Gasteiger partial charge in [0.2, 0.25) is 6.79 Å². The molecule has 2 aliphatic rings. The van der Waals surface area contributed by atoms with Gasteiger partial charge in [-0.1, -0.05) is 0 Å². The predicted molar refractivity (Wildman–Crippen MR) is 61.4 cm³/mol. The van der Waals surface area contributed by atoms with Crippen LogP contribution in [-0.4, -0.2) is 24.6 Å². The predicted octanol–water partition coefficient (Wildman–Crippen LogP) is 1.96. The third-order valence-corrected chi connectivity index (χ3v) is 3.19. The van der Waals surface area contributed by atoms with Crippen molar-refractivity contribution in [2.24, 2.45) is 5.92 Å². The zero-order chi connectivity index (χ0) is 11.7. The number of aliphatic hydroxyl groups excluding tert-OH is 1. The van der Waals surface area contributed by atoms with Gasteiger partial charge in [0.15, 0.2) is 11.5 Å². The van der Waals surface area contributed by atoms with Crippen molar-refractivity contribution in [3.8, 4) is 17.2 Å². The Balaban J connectivity index is 1.51. The van der Waals surface area contributed by atoms with Gasteiger partial charge < -0.3 is 19.3 Å². The van der Waals surface area contributed by atoms with Crippen LogP contribution in [0, 0.1) is 5.92 Å². The van der Waals surface area contributed by atoms with Gasteiger partial charge in [0.25, 0.3) is 0 Å². The molecule has 1 aliphatic carbocycles. The number of benzene rings is 1. The minimum Gasteiger partial charge on any atom is -0.493 e. The highest BCUT2D eigenvalue weighted by Gasteiger charge is 2.29. The molecule has 0 saturated heterocycles. The summed E-state index contributed by atoms with van der Waals surface area (Å²) in [6.45, 7) is 0.816. The zero-order valence-electron chi connectivity index (χ0n) is 9.59. The maximum absolute atomic E-state index is 9.70. The number of hydrogen-bond donors (Lipinski definition) is 1. The molecule has 0 amide bonds. The third-order valence-electron chi connectivity index (χ3n) is 3.19. The van der Waals surface area contributed by atoms with Gasteiger partial charge in [-0.3, -0.25) is 0 Å². The summed E-state index contributed by atoms with van der Waals surface area (Å²) in [4.78, 5) is 0. The van der Waals surface area contributed by atoms with Gasteiger partial charge in [-0.15, -0.1) is 0 Å². The summed E-state index contributed by atoms with van der Waals surface area (Å²) in [6.07, 6.45) is 2.80. The van der Waals surface area contributed by atoms with E-state index < -0.39 is 0 Å². The van der Waals surface area contributed by atoms with Gasteiger partial charge in [-0.2, -0.15) is 0 Å². The first kappa shape index (κ1) is 10.7. The van der Waals surface area contributed by atoms with Crippen LogP contribution in [0.25, 0.3) is 0 Å². The molecule has 0 radical (unpaired) electrons. The second-order valence-corrected chi connectivity index (χ2v) is 4.56. The van der Waals surface area contributed by atoms with Crippen LogP contribution in [-0.2, 0) is 0 Å². The Kier molecular flexibility index (Phi) is 2.81. The zero-order valence-corrected chi connectivity index (χ0v) is 9.59. The van der Waals surface area contributed by atoms with E-state index in [-0.39, 0.29) is 12.9 Å². The van der Waals surface area contributed by atoms with Gasteiger partial charge in [0, 0.05) is 12.5 Å². The van der Waals surface area contributed by atoms with Crippen molar-refractivity contribution in [2.45, 2.75) is 25.4 Å².